The molecule has 0 saturated carbocycles. The van der Waals surface area contributed by atoms with Crippen LogP contribution in [0.15, 0.2) is 18.2 Å². The van der Waals surface area contributed by atoms with E-state index in [1.54, 1.807) is 0 Å². The monoisotopic (exact) mass is 261 g/mol. The standard InChI is InChI=1S/C9H8ClN3O2.ClH/c10-6-1-2-9(13(14)15)7(5-6)8(12)3-4-11;/h1-2,5,8H,3,12H2;1H/t8-;/m1./s1. The summed E-state index contributed by atoms with van der Waals surface area (Å²) in [7, 11) is 0. The highest BCUT2D eigenvalue weighted by Crippen LogP contribution is 2.28. The van der Waals surface area contributed by atoms with Gasteiger partial charge in [0.15, 0.2) is 0 Å². The second kappa shape index (κ2) is 6.28. The highest BCUT2D eigenvalue weighted by Gasteiger charge is 2.19. The fourth-order valence-corrected chi connectivity index (χ4v) is 1.38. The third-order valence-electron chi connectivity index (χ3n) is 1.90. The normalized spacial score (nSPS) is 11.1. The summed E-state index contributed by atoms with van der Waals surface area (Å²) in [5, 5.41) is 19.5. The number of benzene rings is 1. The molecule has 0 aromatic heterocycles. The number of hydrogen-bond acceptors (Lipinski definition) is 4. The number of rotatable bonds is 3. The molecule has 0 fully saturated rings. The second-order valence-corrected chi connectivity index (χ2v) is 3.37. The third-order valence-corrected chi connectivity index (χ3v) is 2.13. The van der Waals surface area contributed by atoms with Gasteiger partial charge < -0.3 is 5.73 Å². The number of nitrogens with two attached hydrogens (primary N) is 1. The van der Waals surface area contributed by atoms with Crippen LogP contribution in [-0.4, -0.2) is 4.92 Å². The van der Waals surface area contributed by atoms with Crippen molar-refractivity contribution in [2.45, 2.75) is 12.5 Å². The lowest BCUT2D eigenvalue weighted by molar-refractivity contribution is -0.385. The number of hydrogen-bond donors (Lipinski definition) is 1. The Bertz CT molecular complexity index is 431. The van der Waals surface area contributed by atoms with Gasteiger partial charge in [0.05, 0.1) is 17.4 Å². The summed E-state index contributed by atoms with van der Waals surface area (Å²) in [6.07, 6.45) is 0.0151. The van der Waals surface area contributed by atoms with Crippen molar-refractivity contribution in [3.63, 3.8) is 0 Å². The Morgan fingerprint density at radius 2 is 2.25 bits per heavy atom. The first-order valence-electron chi connectivity index (χ1n) is 4.12. The molecule has 86 valence electrons. The molecule has 0 spiro atoms. The number of halogens is 2. The molecule has 0 saturated heterocycles. The van der Waals surface area contributed by atoms with Crippen molar-refractivity contribution in [1.82, 2.24) is 0 Å². The molecule has 1 aromatic carbocycles. The van der Waals surface area contributed by atoms with Crippen LogP contribution in [0.5, 0.6) is 0 Å². The zero-order chi connectivity index (χ0) is 11.4. The summed E-state index contributed by atoms with van der Waals surface area (Å²) in [6.45, 7) is 0. The van der Waals surface area contributed by atoms with Crippen molar-refractivity contribution < 1.29 is 4.92 Å². The molecule has 0 aliphatic carbocycles. The van der Waals surface area contributed by atoms with E-state index in [4.69, 9.17) is 22.6 Å². The Morgan fingerprint density at radius 3 is 2.75 bits per heavy atom. The van der Waals surface area contributed by atoms with E-state index in [1.807, 2.05) is 6.07 Å². The van der Waals surface area contributed by atoms with Gasteiger partial charge in [0.25, 0.3) is 5.69 Å². The zero-order valence-corrected chi connectivity index (χ0v) is 9.66. The summed E-state index contributed by atoms with van der Waals surface area (Å²) < 4.78 is 0. The highest BCUT2D eigenvalue weighted by atomic mass is 35.5. The highest BCUT2D eigenvalue weighted by molar-refractivity contribution is 6.30. The Kier molecular flexibility index (Phi) is 5.75. The van der Waals surface area contributed by atoms with E-state index >= 15 is 0 Å². The molecule has 1 aromatic rings. The largest absolute Gasteiger partial charge is 0.323 e. The maximum absolute atomic E-state index is 10.7. The lowest BCUT2D eigenvalue weighted by Crippen LogP contribution is -2.11. The zero-order valence-electron chi connectivity index (χ0n) is 8.09. The van der Waals surface area contributed by atoms with Crippen LogP contribution in [0.4, 0.5) is 5.69 Å². The lowest BCUT2D eigenvalue weighted by atomic mass is 10.0. The third kappa shape index (κ3) is 3.35. The van der Waals surface area contributed by atoms with Crippen LogP contribution >= 0.6 is 24.0 Å². The Morgan fingerprint density at radius 1 is 1.62 bits per heavy atom. The minimum atomic E-state index is -0.686. The van der Waals surface area contributed by atoms with Gasteiger partial charge in [-0.2, -0.15) is 5.26 Å². The van der Waals surface area contributed by atoms with Gasteiger partial charge >= 0.3 is 0 Å². The van der Waals surface area contributed by atoms with E-state index in [9.17, 15) is 10.1 Å². The summed E-state index contributed by atoms with van der Waals surface area (Å²) in [6, 6.07) is 5.30. The summed E-state index contributed by atoms with van der Waals surface area (Å²) in [4.78, 5) is 10.1. The van der Waals surface area contributed by atoms with Crippen molar-refractivity contribution in [1.29, 1.82) is 5.26 Å². The molecular weight excluding hydrogens is 253 g/mol. The molecule has 16 heavy (non-hydrogen) atoms. The van der Waals surface area contributed by atoms with Gasteiger partial charge in [-0.25, -0.2) is 0 Å². The van der Waals surface area contributed by atoms with Gasteiger partial charge in [0.1, 0.15) is 0 Å². The van der Waals surface area contributed by atoms with E-state index in [-0.39, 0.29) is 30.1 Å². The number of nitriles is 1. The molecule has 1 atom stereocenters. The molecule has 0 unspecified atom stereocenters. The fourth-order valence-electron chi connectivity index (χ4n) is 1.20. The minimum Gasteiger partial charge on any atom is -0.323 e. The van der Waals surface area contributed by atoms with E-state index in [1.165, 1.54) is 18.2 Å². The van der Waals surface area contributed by atoms with Crippen LogP contribution in [0.2, 0.25) is 5.02 Å². The Labute approximate surface area is 103 Å². The van der Waals surface area contributed by atoms with Crippen molar-refractivity contribution in [2.24, 2.45) is 5.73 Å². The molecular formula is C9H9Cl2N3O2. The number of nitro groups is 1. The Balaban J connectivity index is 0.00000225. The van der Waals surface area contributed by atoms with Crippen molar-refractivity contribution in [2.75, 3.05) is 0 Å². The van der Waals surface area contributed by atoms with Crippen LogP contribution in [0, 0.1) is 21.4 Å². The van der Waals surface area contributed by atoms with Crippen molar-refractivity contribution >= 4 is 29.7 Å². The van der Waals surface area contributed by atoms with Gasteiger partial charge in [0.2, 0.25) is 0 Å². The molecule has 7 heteroatoms. The predicted molar refractivity (Wildman–Crippen MR) is 62.5 cm³/mol. The van der Waals surface area contributed by atoms with Gasteiger partial charge in [0, 0.05) is 22.7 Å². The maximum Gasteiger partial charge on any atom is 0.274 e. The molecule has 0 amide bonds. The Hall–Kier alpha value is -1.35. The number of nitrogens with zero attached hydrogens (tertiary/aromatic N) is 2. The first kappa shape index (κ1) is 14.6. The van der Waals surface area contributed by atoms with Crippen LogP contribution in [0.25, 0.3) is 0 Å². The smallest absolute Gasteiger partial charge is 0.274 e. The van der Waals surface area contributed by atoms with Crippen molar-refractivity contribution in [3.8, 4) is 6.07 Å². The van der Waals surface area contributed by atoms with E-state index in [0.29, 0.717) is 5.02 Å². The topological polar surface area (TPSA) is 93.0 Å². The van der Waals surface area contributed by atoms with Crippen LogP contribution in [0.3, 0.4) is 0 Å². The molecule has 5 nitrogen and oxygen atoms in total. The van der Waals surface area contributed by atoms with Crippen LogP contribution in [0.1, 0.15) is 18.0 Å². The molecule has 0 radical (unpaired) electrons. The first-order chi connectivity index (χ1) is 7.06. The minimum absolute atomic E-state index is 0. The maximum atomic E-state index is 10.7. The van der Waals surface area contributed by atoms with Crippen LogP contribution in [-0.2, 0) is 0 Å². The van der Waals surface area contributed by atoms with E-state index in [2.05, 4.69) is 0 Å². The molecule has 0 aliphatic heterocycles. The van der Waals surface area contributed by atoms with E-state index < -0.39 is 11.0 Å². The van der Waals surface area contributed by atoms with Gasteiger partial charge in [-0.05, 0) is 12.1 Å². The molecule has 0 aliphatic rings. The first-order valence-corrected chi connectivity index (χ1v) is 4.50. The summed E-state index contributed by atoms with van der Waals surface area (Å²) >= 11 is 5.70. The van der Waals surface area contributed by atoms with Crippen molar-refractivity contribution in [3.05, 3.63) is 38.9 Å². The molecule has 2 N–H and O–H groups in total. The molecule has 1 rings (SSSR count). The average molecular weight is 262 g/mol. The van der Waals surface area contributed by atoms with Gasteiger partial charge in [-0.1, -0.05) is 11.6 Å². The van der Waals surface area contributed by atoms with E-state index in [0.717, 1.165) is 0 Å². The van der Waals surface area contributed by atoms with Crippen LogP contribution < -0.4 is 5.73 Å². The number of nitro benzene ring substituents is 1. The lowest BCUT2D eigenvalue weighted by Gasteiger charge is -2.08. The van der Waals surface area contributed by atoms with Gasteiger partial charge in [-0.3, -0.25) is 10.1 Å². The SMILES string of the molecule is Cl.N#CC[C@@H](N)c1cc(Cl)ccc1[N+](=O)[O-]. The quantitative estimate of drug-likeness (QED) is 0.669. The van der Waals surface area contributed by atoms with Gasteiger partial charge in [-0.15, -0.1) is 12.4 Å². The molecule has 0 bridgehead atoms. The predicted octanol–water partition coefficient (Wildman–Crippen LogP) is 2.58. The average Bonchev–Trinajstić information content (AvgIpc) is 2.17. The summed E-state index contributed by atoms with van der Waals surface area (Å²) in [5.74, 6) is 0. The second-order valence-electron chi connectivity index (χ2n) is 2.93. The fraction of sp³-hybridized carbons (Fsp3) is 0.222. The molecule has 0 heterocycles. The summed E-state index contributed by atoms with van der Waals surface area (Å²) in [5.41, 5.74) is 5.80.